The van der Waals surface area contributed by atoms with Crippen molar-refractivity contribution in [1.29, 1.82) is 0 Å². The minimum atomic E-state index is -0.239. The molecule has 116 valence electrons. The van der Waals surface area contributed by atoms with E-state index in [4.69, 9.17) is 23.2 Å². The topological polar surface area (TPSA) is 29.1 Å². The summed E-state index contributed by atoms with van der Waals surface area (Å²) >= 11 is 13.4. The summed E-state index contributed by atoms with van der Waals surface area (Å²) in [5, 5.41) is 3.65. The van der Waals surface area contributed by atoms with Gasteiger partial charge in [-0.3, -0.25) is 4.79 Å². The molecule has 0 spiro atoms. The zero-order valence-corrected chi connectivity index (χ0v) is 13.9. The van der Waals surface area contributed by atoms with Crippen molar-refractivity contribution in [3.05, 3.63) is 63.9 Å². The molecule has 6 heteroatoms. The van der Waals surface area contributed by atoms with E-state index in [0.29, 0.717) is 22.2 Å². The first-order valence-electron chi connectivity index (χ1n) is 6.68. The molecule has 0 bridgehead atoms. The summed E-state index contributed by atoms with van der Waals surface area (Å²) in [6, 6.07) is 11.1. The number of hydrogen-bond acceptors (Lipinski definition) is 2. The number of amides is 1. The Morgan fingerprint density at radius 3 is 2.55 bits per heavy atom. The lowest BCUT2D eigenvalue weighted by molar-refractivity contribution is 0.0954. The molecular formula is C16H14Cl2FNOS. The number of thioether (sulfide) groups is 1. The molecule has 2 aromatic rings. The third kappa shape index (κ3) is 5.20. The van der Waals surface area contributed by atoms with E-state index in [0.717, 1.165) is 17.1 Å². The quantitative estimate of drug-likeness (QED) is 0.579. The van der Waals surface area contributed by atoms with Gasteiger partial charge in [0.1, 0.15) is 5.82 Å². The zero-order chi connectivity index (χ0) is 15.9. The Morgan fingerprint density at radius 2 is 1.86 bits per heavy atom. The van der Waals surface area contributed by atoms with Crippen molar-refractivity contribution in [2.45, 2.75) is 11.3 Å². The summed E-state index contributed by atoms with van der Waals surface area (Å²) in [4.78, 5) is 13.0. The molecule has 0 heterocycles. The fourth-order valence-electron chi connectivity index (χ4n) is 1.76. The Balaban J connectivity index is 1.72. The van der Waals surface area contributed by atoms with Gasteiger partial charge in [-0.15, -0.1) is 11.8 Å². The predicted octanol–water partition coefficient (Wildman–Crippen LogP) is 5.04. The van der Waals surface area contributed by atoms with E-state index < -0.39 is 0 Å². The Hall–Kier alpha value is -1.23. The smallest absolute Gasteiger partial charge is 0.252 e. The molecule has 2 rings (SSSR count). The van der Waals surface area contributed by atoms with Crippen LogP contribution < -0.4 is 5.32 Å². The highest BCUT2D eigenvalue weighted by Gasteiger charge is 2.09. The molecule has 0 radical (unpaired) electrons. The number of nitrogens with one attached hydrogen (secondary N) is 1. The fourth-order valence-corrected chi connectivity index (χ4v) is 3.11. The van der Waals surface area contributed by atoms with Gasteiger partial charge in [-0.25, -0.2) is 4.39 Å². The minimum Gasteiger partial charge on any atom is -0.352 e. The lowest BCUT2D eigenvalue weighted by Crippen LogP contribution is -2.25. The molecule has 1 amide bonds. The summed E-state index contributed by atoms with van der Waals surface area (Å²) in [5.41, 5.74) is 0.414. The predicted molar refractivity (Wildman–Crippen MR) is 90.5 cm³/mol. The maximum atomic E-state index is 12.8. The van der Waals surface area contributed by atoms with Crippen molar-refractivity contribution < 1.29 is 9.18 Å². The van der Waals surface area contributed by atoms with E-state index in [2.05, 4.69) is 5.32 Å². The second kappa shape index (κ2) is 8.42. The first-order valence-corrected chi connectivity index (χ1v) is 8.42. The highest BCUT2D eigenvalue weighted by molar-refractivity contribution is 7.99. The van der Waals surface area contributed by atoms with Crippen LogP contribution in [0.15, 0.2) is 47.4 Å². The SMILES string of the molecule is O=C(NCCCSc1ccc(F)cc1)c1ccc(Cl)cc1Cl. The van der Waals surface area contributed by atoms with Gasteiger partial charge < -0.3 is 5.32 Å². The summed E-state index contributed by atoms with van der Waals surface area (Å²) < 4.78 is 12.8. The van der Waals surface area contributed by atoms with Crippen LogP contribution in [0.1, 0.15) is 16.8 Å². The van der Waals surface area contributed by atoms with Crippen molar-refractivity contribution in [3.8, 4) is 0 Å². The van der Waals surface area contributed by atoms with Crippen LogP contribution in [0.3, 0.4) is 0 Å². The molecule has 0 saturated heterocycles. The van der Waals surface area contributed by atoms with Crippen LogP contribution in [-0.4, -0.2) is 18.2 Å². The normalized spacial score (nSPS) is 10.5. The van der Waals surface area contributed by atoms with Crippen LogP contribution in [0.2, 0.25) is 10.0 Å². The van der Waals surface area contributed by atoms with E-state index in [1.807, 2.05) is 0 Å². The molecule has 0 unspecified atom stereocenters. The zero-order valence-electron chi connectivity index (χ0n) is 11.6. The second-order valence-corrected chi connectivity index (χ2v) is 6.55. The molecular weight excluding hydrogens is 344 g/mol. The number of rotatable bonds is 6. The van der Waals surface area contributed by atoms with Gasteiger partial charge in [0.2, 0.25) is 0 Å². The van der Waals surface area contributed by atoms with Crippen LogP contribution in [-0.2, 0) is 0 Å². The average molecular weight is 358 g/mol. The van der Waals surface area contributed by atoms with Crippen molar-refractivity contribution in [2.75, 3.05) is 12.3 Å². The lowest BCUT2D eigenvalue weighted by atomic mass is 10.2. The molecule has 0 saturated carbocycles. The number of carbonyl (C=O) groups excluding carboxylic acids is 1. The molecule has 0 aromatic heterocycles. The van der Waals surface area contributed by atoms with E-state index >= 15 is 0 Å². The molecule has 0 aliphatic carbocycles. The van der Waals surface area contributed by atoms with Gasteiger partial charge in [-0.05, 0) is 54.6 Å². The molecule has 0 aliphatic heterocycles. The summed E-state index contributed by atoms with van der Waals surface area (Å²) in [6.45, 7) is 0.548. The van der Waals surface area contributed by atoms with Gasteiger partial charge in [0, 0.05) is 16.5 Å². The minimum absolute atomic E-state index is 0.214. The molecule has 0 fully saturated rings. The maximum Gasteiger partial charge on any atom is 0.252 e. The Kier molecular flexibility index (Phi) is 6.55. The Labute approximate surface area is 143 Å². The molecule has 2 aromatic carbocycles. The second-order valence-electron chi connectivity index (χ2n) is 4.54. The number of benzene rings is 2. The monoisotopic (exact) mass is 357 g/mol. The van der Waals surface area contributed by atoms with Crippen LogP contribution in [0, 0.1) is 5.82 Å². The molecule has 22 heavy (non-hydrogen) atoms. The average Bonchev–Trinajstić information content (AvgIpc) is 2.48. The molecule has 1 N–H and O–H groups in total. The van der Waals surface area contributed by atoms with Gasteiger partial charge in [0.15, 0.2) is 0 Å². The first kappa shape index (κ1) is 17.1. The van der Waals surface area contributed by atoms with E-state index in [-0.39, 0.29) is 11.7 Å². The van der Waals surface area contributed by atoms with Gasteiger partial charge in [-0.1, -0.05) is 23.2 Å². The molecule has 0 atom stereocenters. The fraction of sp³-hybridized carbons (Fsp3) is 0.188. The summed E-state index contributed by atoms with van der Waals surface area (Å²) in [6.07, 6.45) is 0.805. The highest BCUT2D eigenvalue weighted by Crippen LogP contribution is 2.21. The third-order valence-corrected chi connectivity index (χ3v) is 4.51. The van der Waals surface area contributed by atoms with Crippen molar-refractivity contribution in [2.24, 2.45) is 0 Å². The Morgan fingerprint density at radius 1 is 1.14 bits per heavy atom. The van der Waals surface area contributed by atoms with E-state index in [9.17, 15) is 9.18 Å². The van der Waals surface area contributed by atoms with Crippen molar-refractivity contribution in [3.63, 3.8) is 0 Å². The van der Waals surface area contributed by atoms with E-state index in [1.165, 1.54) is 12.1 Å². The van der Waals surface area contributed by atoms with Gasteiger partial charge in [0.05, 0.1) is 10.6 Å². The van der Waals surface area contributed by atoms with Crippen LogP contribution in [0.4, 0.5) is 4.39 Å². The van der Waals surface area contributed by atoms with Crippen molar-refractivity contribution in [1.82, 2.24) is 5.32 Å². The number of halogens is 3. The largest absolute Gasteiger partial charge is 0.352 e. The van der Waals surface area contributed by atoms with Gasteiger partial charge >= 0.3 is 0 Å². The number of carbonyl (C=O) groups is 1. The van der Waals surface area contributed by atoms with Gasteiger partial charge in [-0.2, -0.15) is 0 Å². The molecule has 2 nitrogen and oxygen atoms in total. The maximum absolute atomic E-state index is 12.8. The summed E-state index contributed by atoms with van der Waals surface area (Å²) in [5.74, 6) is 0.380. The van der Waals surface area contributed by atoms with Crippen LogP contribution in [0.25, 0.3) is 0 Å². The first-order chi connectivity index (χ1) is 10.6. The standard InChI is InChI=1S/C16H14Cl2FNOS/c17-11-2-7-14(15(18)10-11)16(21)20-8-1-9-22-13-5-3-12(19)4-6-13/h2-7,10H,1,8-9H2,(H,20,21). The molecule has 0 aliphatic rings. The van der Waals surface area contributed by atoms with Gasteiger partial charge in [0.25, 0.3) is 5.91 Å². The van der Waals surface area contributed by atoms with Crippen LogP contribution in [0.5, 0.6) is 0 Å². The van der Waals surface area contributed by atoms with E-state index in [1.54, 1.807) is 42.1 Å². The van der Waals surface area contributed by atoms with Crippen LogP contribution >= 0.6 is 35.0 Å². The summed E-state index contributed by atoms with van der Waals surface area (Å²) in [7, 11) is 0. The third-order valence-electron chi connectivity index (χ3n) is 2.86. The van der Waals surface area contributed by atoms with Crippen molar-refractivity contribution >= 4 is 40.9 Å². The Bertz CT molecular complexity index is 649. The highest BCUT2D eigenvalue weighted by atomic mass is 35.5. The lowest BCUT2D eigenvalue weighted by Gasteiger charge is -2.07. The number of hydrogen-bond donors (Lipinski definition) is 1.